The van der Waals surface area contributed by atoms with Crippen LogP contribution >= 0.6 is 0 Å². The molecule has 1 heterocycles. The summed E-state index contributed by atoms with van der Waals surface area (Å²) < 4.78 is 5.37. The van der Waals surface area contributed by atoms with E-state index in [2.05, 4.69) is 22.5 Å². The maximum atomic E-state index is 11.9. The summed E-state index contributed by atoms with van der Waals surface area (Å²) in [5.74, 6) is 0.869. The van der Waals surface area contributed by atoms with Gasteiger partial charge >= 0.3 is 0 Å². The molecule has 0 fully saturated rings. The van der Waals surface area contributed by atoms with Crippen LogP contribution in [0.15, 0.2) is 30.5 Å². The number of hydrogen-bond acceptors (Lipinski definition) is 3. The Kier molecular flexibility index (Phi) is 4.34. The molecule has 1 atom stereocenters. The van der Waals surface area contributed by atoms with E-state index in [0.29, 0.717) is 30.5 Å². The normalized spacial score (nSPS) is 17.7. The fourth-order valence-electron chi connectivity index (χ4n) is 2.04. The van der Waals surface area contributed by atoms with Crippen molar-refractivity contribution in [3.05, 3.63) is 30.5 Å². The van der Waals surface area contributed by atoms with Crippen LogP contribution in [0, 0.1) is 5.92 Å². The van der Waals surface area contributed by atoms with Crippen LogP contribution in [0.1, 0.15) is 26.2 Å². The Morgan fingerprint density at radius 2 is 2.50 bits per heavy atom. The van der Waals surface area contributed by atoms with Gasteiger partial charge in [-0.25, -0.2) is 4.98 Å². The van der Waals surface area contributed by atoms with Crippen molar-refractivity contribution in [1.82, 2.24) is 4.98 Å². The van der Waals surface area contributed by atoms with E-state index in [9.17, 15) is 4.79 Å². The van der Waals surface area contributed by atoms with Crippen LogP contribution in [0.2, 0.25) is 0 Å². The number of rotatable bonds is 5. The highest BCUT2D eigenvalue weighted by Gasteiger charge is 2.15. The topological polar surface area (TPSA) is 51.2 Å². The Balaban J connectivity index is 1.95. The van der Waals surface area contributed by atoms with Gasteiger partial charge in [0.2, 0.25) is 11.8 Å². The molecule has 0 bridgehead atoms. The Bertz CT molecular complexity index is 443. The number of nitrogens with zero attached hydrogens (tertiary/aromatic N) is 1. The van der Waals surface area contributed by atoms with Gasteiger partial charge in [0.1, 0.15) is 5.69 Å². The van der Waals surface area contributed by atoms with E-state index >= 15 is 0 Å². The largest absolute Gasteiger partial charge is 0.476 e. The summed E-state index contributed by atoms with van der Waals surface area (Å²) in [6, 6.07) is 3.59. The first-order chi connectivity index (χ1) is 8.79. The molecule has 0 aromatic carbocycles. The molecule has 2 rings (SSSR count). The summed E-state index contributed by atoms with van der Waals surface area (Å²) in [4.78, 5) is 16.0. The molecule has 4 heteroatoms. The SMILES string of the molecule is CCOc1ncccc1NC(=O)C[C@@H]1C=CCC1. The van der Waals surface area contributed by atoms with Crippen LogP contribution in [0.5, 0.6) is 5.88 Å². The molecule has 1 N–H and O–H groups in total. The van der Waals surface area contributed by atoms with Gasteiger partial charge in [-0.3, -0.25) is 4.79 Å². The number of ether oxygens (including phenoxy) is 1. The van der Waals surface area contributed by atoms with Gasteiger partial charge in [0.25, 0.3) is 0 Å². The molecule has 0 radical (unpaired) electrons. The standard InChI is InChI=1S/C14H18N2O2/c1-2-18-14-12(8-5-9-15-14)16-13(17)10-11-6-3-4-7-11/h3,5-6,8-9,11H,2,4,7,10H2,1H3,(H,16,17)/t11-/m1/s1. The lowest BCUT2D eigenvalue weighted by molar-refractivity contribution is -0.116. The number of aromatic nitrogens is 1. The van der Waals surface area contributed by atoms with Crippen molar-refractivity contribution < 1.29 is 9.53 Å². The first-order valence-electron chi connectivity index (χ1n) is 6.34. The van der Waals surface area contributed by atoms with Crippen molar-refractivity contribution in [3.8, 4) is 5.88 Å². The second kappa shape index (κ2) is 6.19. The van der Waals surface area contributed by atoms with E-state index in [-0.39, 0.29) is 5.91 Å². The fraction of sp³-hybridized carbons (Fsp3) is 0.429. The van der Waals surface area contributed by atoms with Crippen molar-refractivity contribution in [2.75, 3.05) is 11.9 Å². The summed E-state index contributed by atoms with van der Waals surface area (Å²) in [6.07, 6.45) is 8.57. The number of anilines is 1. The molecule has 0 unspecified atom stereocenters. The lowest BCUT2D eigenvalue weighted by Crippen LogP contribution is -2.15. The Labute approximate surface area is 107 Å². The molecule has 1 aliphatic carbocycles. The highest BCUT2D eigenvalue weighted by molar-refractivity contribution is 5.92. The molecule has 1 amide bonds. The number of hydrogen-bond donors (Lipinski definition) is 1. The maximum absolute atomic E-state index is 11.9. The Morgan fingerprint density at radius 1 is 1.61 bits per heavy atom. The minimum absolute atomic E-state index is 0.0144. The Hall–Kier alpha value is -1.84. The predicted octanol–water partition coefficient (Wildman–Crippen LogP) is 2.78. The minimum atomic E-state index is 0.0144. The van der Waals surface area contributed by atoms with E-state index < -0.39 is 0 Å². The second-order valence-corrected chi connectivity index (χ2v) is 4.31. The van der Waals surface area contributed by atoms with Crippen LogP contribution in [0.3, 0.4) is 0 Å². The zero-order chi connectivity index (χ0) is 12.8. The Morgan fingerprint density at radius 3 is 3.22 bits per heavy atom. The smallest absolute Gasteiger partial charge is 0.237 e. The number of nitrogens with one attached hydrogen (secondary N) is 1. The zero-order valence-corrected chi connectivity index (χ0v) is 10.6. The van der Waals surface area contributed by atoms with Gasteiger partial charge in [-0.05, 0) is 37.8 Å². The fourth-order valence-corrected chi connectivity index (χ4v) is 2.04. The minimum Gasteiger partial charge on any atom is -0.476 e. The molecular weight excluding hydrogens is 228 g/mol. The second-order valence-electron chi connectivity index (χ2n) is 4.31. The van der Waals surface area contributed by atoms with E-state index in [1.807, 2.05) is 6.92 Å². The van der Waals surface area contributed by atoms with E-state index in [1.165, 1.54) is 0 Å². The van der Waals surface area contributed by atoms with Gasteiger partial charge in [-0.15, -0.1) is 0 Å². The summed E-state index contributed by atoms with van der Waals surface area (Å²) in [5, 5.41) is 2.86. The summed E-state index contributed by atoms with van der Waals surface area (Å²) in [7, 11) is 0. The van der Waals surface area contributed by atoms with Crippen LogP contribution in [-0.4, -0.2) is 17.5 Å². The van der Waals surface area contributed by atoms with Crippen molar-refractivity contribution in [2.24, 2.45) is 5.92 Å². The number of carbonyl (C=O) groups is 1. The van der Waals surface area contributed by atoms with Crippen molar-refractivity contribution in [3.63, 3.8) is 0 Å². The lowest BCUT2D eigenvalue weighted by atomic mass is 10.1. The van der Waals surface area contributed by atoms with Crippen molar-refractivity contribution >= 4 is 11.6 Å². The molecule has 1 aliphatic rings. The van der Waals surface area contributed by atoms with E-state index in [4.69, 9.17) is 4.74 Å². The first-order valence-corrected chi connectivity index (χ1v) is 6.34. The van der Waals surface area contributed by atoms with E-state index in [0.717, 1.165) is 12.8 Å². The molecule has 1 aromatic heterocycles. The van der Waals surface area contributed by atoms with Gasteiger partial charge in [-0.1, -0.05) is 12.2 Å². The third-order valence-corrected chi connectivity index (χ3v) is 2.89. The summed E-state index contributed by atoms with van der Waals surface area (Å²) in [5.41, 5.74) is 0.645. The highest BCUT2D eigenvalue weighted by Crippen LogP contribution is 2.23. The van der Waals surface area contributed by atoms with Gasteiger partial charge in [-0.2, -0.15) is 0 Å². The predicted molar refractivity (Wildman–Crippen MR) is 70.5 cm³/mol. The third kappa shape index (κ3) is 3.32. The summed E-state index contributed by atoms with van der Waals surface area (Å²) >= 11 is 0. The number of carbonyl (C=O) groups excluding carboxylic acids is 1. The van der Waals surface area contributed by atoms with Gasteiger partial charge in [0.15, 0.2) is 0 Å². The first kappa shape index (κ1) is 12.6. The molecule has 0 saturated heterocycles. The van der Waals surface area contributed by atoms with Crippen LogP contribution in [0.25, 0.3) is 0 Å². The molecule has 1 aromatic rings. The molecule has 4 nitrogen and oxygen atoms in total. The van der Waals surface area contributed by atoms with Crippen LogP contribution in [0.4, 0.5) is 5.69 Å². The van der Waals surface area contributed by atoms with Crippen molar-refractivity contribution in [2.45, 2.75) is 26.2 Å². The number of allylic oxidation sites excluding steroid dienone is 2. The quantitative estimate of drug-likeness (QED) is 0.813. The highest BCUT2D eigenvalue weighted by atomic mass is 16.5. The number of pyridine rings is 1. The van der Waals surface area contributed by atoms with Gasteiger partial charge < -0.3 is 10.1 Å². The monoisotopic (exact) mass is 246 g/mol. The molecule has 0 spiro atoms. The molecule has 0 saturated carbocycles. The van der Waals surface area contributed by atoms with E-state index in [1.54, 1.807) is 18.3 Å². The van der Waals surface area contributed by atoms with Crippen molar-refractivity contribution in [1.29, 1.82) is 0 Å². The number of amides is 1. The van der Waals surface area contributed by atoms with Crippen LogP contribution < -0.4 is 10.1 Å². The average molecular weight is 246 g/mol. The third-order valence-electron chi connectivity index (χ3n) is 2.89. The summed E-state index contributed by atoms with van der Waals surface area (Å²) in [6.45, 7) is 2.43. The van der Waals surface area contributed by atoms with Gasteiger partial charge in [0.05, 0.1) is 6.61 Å². The zero-order valence-electron chi connectivity index (χ0n) is 10.6. The molecule has 18 heavy (non-hydrogen) atoms. The maximum Gasteiger partial charge on any atom is 0.237 e. The van der Waals surface area contributed by atoms with Gasteiger partial charge in [0, 0.05) is 12.6 Å². The molecule has 0 aliphatic heterocycles. The average Bonchev–Trinajstić information content (AvgIpc) is 2.84. The molecule has 96 valence electrons. The van der Waals surface area contributed by atoms with Crippen LogP contribution in [-0.2, 0) is 4.79 Å². The molecular formula is C14H18N2O2. The lowest BCUT2D eigenvalue weighted by Gasteiger charge is -2.11.